The second-order valence-electron chi connectivity index (χ2n) is 6.41. The Balaban J connectivity index is 1.53. The first-order chi connectivity index (χ1) is 11.6. The summed E-state index contributed by atoms with van der Waals surface area (Å²) < 4.78 is 1.10. The normalized spacial score (nSPS) is 16.5. The predicted molar refractivity (Wildman–Crippen MR) is 104 cm³/mol. The summed E-state index contributed by atoms with van der Waals surface area (Å²) in [6, 6.07) is 17.2. The van der Waals surface area contributed by atoms with Crippen molar-refractivity contribution in [2.24, 2.45) is 5.10 Å². The highest BCUT2D eigenvalue weighted by Gasteiger charge is 2.16. The molecule has 0 atom stereocenters. The van der Waals surface area contributed by atoms with Crippen molar-refractivity contribution in [2.45, 2.75) is 20.4 Å². The molecule has 2 aromatic carbocycles. The molecule has 1 fully saturated rings. The van der Waals surface area contributed by atoms with Crippen LogP contribution in [-0.2, 0) is 6.54 Å². The van der Waals surface area contributed by atoms with E-state index in [4.69, 9.17) is 5.10 Å². The highest BCUT2D eigenvalue weighted by atomic mass is 79.9. The van der Waals surface area contributed by atoms with E-state index in [1.165, 1.54) is 16.7 Å². The van der Waals surface area contributed by atoms with Crippen LogP contribution in [0.1, 0.15) is 23.6 Å². The maximum Gasteiger partial charge on any atom is 0.0646 e. The van der Waals surface area contributed by atoms with E-state index in [1.807, 2.05) is 0 Å². The molecule has 0 N–H and O–H groups in total. The summed E-state index contributed by atoms with van der Waals surface area (Å²) in [4.78, 5) is 2.51. The molecule has 3 nitrogen and oxygen atoms in total. The number of piperazine rings is 1. The van der Waals surface area contributed by atoms with E-state index < -0.39 is 0 Å². The van der Waals surface area contributed by atoms with Crippen molar-refractivity contribution in [2.75, 3.05) is 26.2 Å². The van der Waals surface area contributed by atoms with Gasteiger partial charge in [-0.1, -0.05) is 57.9 Å². The van der Waals surface area contributed by atoms with Gasteiger partial charge in [0.25, 0.3) is 0 Å². The summed E-state index contributed by atoms with van der Waals surface area (Å²) in [5, 5.41) is 6.99. The minimum Gasteiger partial charge on any atom is -0.295 e. The monoisotopic (exact) mass is 385 g/mol. The smallest absolute Gasteiger partial charge is 0.0646 e. The van der Waals surface area contributed by atoms with Gasteiger partial charge < -0.3 is 0 Å². The molecule has 4 heteroatoms. The van der Waals surface area contributed by atoms with Crippen LogP contribution in [0.4, 0.5) is 0 Å². The average Bonchev–Trinajstić information content (AvgIpc) is 2.59. The Labute approximate surface area is 153 Å². The van der Waals surface area contributed by atoms with Crippen LogP contribution < -0.4 is 0 Å². The summed E-state index contributed by atoms with van der Waals surface area (Å²) in [5.74, 6) is 0. The Morgan fingerprint density at radius 2 is 1.58 bits per heavy atom. The molecule has 0 bridgehead atoms. The molecule has 0 unspecified atom stereocenters. The molecule has 0 radical (unpaired) electrons. The standard InChI is InChI=1S/C20H24BrN3/c1-16-3-5-18(6-4-16)15-23-11-13-24(14-12-23)22-17(2)19-7-9-20(21)10-8-19/h3-10H,11-15H2,1-2H3/b22-17-. The number of benzene rings is 2. The zero-order valence-electron chi connectivity index (χ0n) is 14.4. The molecule has 0 saturated carbocycles. The highest BCUT2D eigenvalue weighted by Crippen LogP contribution is 2.13. The lowest BCUT2D eigenvalue weighted by molar-refractivity contribution is 0.130. The molecule has 126 valence electrons. The topological polar surface area (TPSA) is 18.8 Å². The number of hydrogen-bond donors (Lipinski definition) is 0. The van der Waals surface area contributed by atoms with Gasteiger partial charge in [-0.3, -0.25) is 9.91 Å². The first kappa shape index (κ1) is 17.2. The van der Waals surface area contributed by atoms with Crippen LogP contribution in [0.25, 0.3) is 0 Å². The second kappa shape index (κ2) is 7.95. The van der Waals surface area contributed by atoms with Crippen LogP contribution in [0.15, 0.2) is 58.1 Å². The number of hydrazone groups is 1. The third-order valence-electron chi connectivity index (χ3n) is 4.43. The Morgan fingerprint density at radius 3 is 2.21 bits per heavy atom. The quantitative estimate of drug-likeness (QED) is 0.730. The van der Waals surface area contributed by atoms with E-state index in [-0.39, 0.29) is 0 Å². The molecule has 0 aliphatic carbocycles. The Kier molecular flexibility index (Phi) is 5.69. The minimum atomic E-state index is 0.986. The number of rotatable bonds is 4. The molecule has 1 heterocycles. The maximum absolute atomic E-state index is 4.80. The van der Waals surface area contributed by atoms with E-state index in [2.05, 4.69) is 88.2 Å². The van der Waals surface area contributed by atoms with Gasteiger partial charge in [0, 0.05) is 37.2 Å². The van der Waals surface area contributed by atoms with Crippen LogP contribution in [0.2, 0.25) is 0 Å². The van der Waals surface area contributed by atoms with Crippen LogP contribution in [-0.4, -0.2) is 41.8 Å². The van der Waals surface area contributed by atoms with Gasteiger partial charge in [0.15, 0.2) is 0 Å². The molecule has 0 spiro atoms. The van der Waals surface area contributed by atoms with Gasteiger partial charge in [-0.15, -0.1) is 0 Å². The van der Waals surface area contributed by atoms with Gasteiger partial charge in [-0.2, -0.15) is 5.10 Å². The van der Waals surface area contributed by atoms with Gasteiger partial charge in [0.05, 0.1) is 5.71 Å². The molecular formula is C20H24BrN3. The molecule has 1 aliphatic heterocycles. The summed E-state index contributed by atoms with van der Waals surface area (Å²) in [6.07, 6.45) is 0. The lowest BCUT2D eigenvalue weighted by Crippen LogP contribution is -2.43. The van der Waals surface area contributed by atoms with Gasteiger partial charge in [-0.05, 0) is 37.1 Å². The fourth-order valence-corrected chi connectivity index (χ4v) is 3.17. The molecule has 2 aromatic rings. The fraction of sp³-hybridized carbons (Fsp3) is 0.350. The number of hydrogen-bond acceptors (Lipinski definition) is 3. The predicted octanol–water partition coefficient (Wildman–Crippen LogP) is 4.30. The van der Waals surface area contributed by atoms with E-state index in [1.54, 1.807) is 0 Å². The highest BCUT2D eigenvalue weighted by molar-refractivity contribution is 9.10. The Bertz CT molecular complexity index is 684. The minimum absolute atomic E-state index is 0.986. The van der Waals surface area contributed by atoms with Crippen molar-refractivity contribution in [3.8, 4) is 0 Å². The zero-order chi connectivity index (χ0) is 16.9. The summed E-state index contributed by atoms with van der Waals surface area (Å²) in [5.41, 5.74) is 4.97. The summed E-state index contributed by atoms with van der Waals surface area (Å²) in [7, 11) is 0. The van der Waals surface area contributed by atoms with Crippen molar-refractivity contribution < 1.29 is 0 Å². The Hall–Kier alpha value is -1.65. The van der Waals surface area contributed by atoms with Crippen LogP contribution in [0.3, 0.4) is 0 Å². The van der Waals surface area contributed by atoms with Gasteiger partial charge >= 0.3 is 0 Å². The first-order valence-corrected chi connectivity index (χ1v) is 9.23. The summed E-state index contributed by atoms with van der Waals surface area (Å²) in [6.45, 7) is 9.34. The van der Waals surface area contributed by atoms with E-state index in [0.717, 1.165) is 42.9 Å². The van der Waals surface area contributed by atoms with Gasteiger partial charge in [-0.25, -0.2) is 0 Å². The van der Waals surface area contributed by atoms with Crippen molar-refractivity contribution in [1.82, 2.24) is 9.91 Å². The Morgan fingerprint density at radius 1 is 0.958 bits per heavy atom. The summed E-state index contributed by atoms with van der Waals surface area (Å²) >= 11 is 3.47. The molecule has 1 saturated heterocycles. The number of aryl methyl sites for hydroxylation is 1. The largest absolute Gasteiger partial charge is 0.295 e. The van der Waals surface area contributed by atoms with Gasteiger partial charge in [0.2, 0.25) is 0 Å². The number of halogens is 1. The lowest BCUT2D eigenvalue weighted by Gasteiger charge is -2.33. The first-order valence-electron chi connectivity index (χ1n) is 8.44. The molecular weight excluding hydrogens is 362 g/mol. The third kappa shape index (κ3) is 4.68. The van der Waals surface area contributed by atoms with Crippen molar-refractivity contribution in [3.63, 3.8) is 0 Å². The third-order valence-corrected chi connectivity index (χ3v) is 4.96. The zero-order valence-corrected chi connectivity index (χ0v) is 16.0. The maximum atomic E-state index is 4.80. The molecule has 0 aromatic heterocycles. The lowest BCUT2D eigenvalue weighted by atomic mass is 10.1. The fourth-order valence-electron chi connectivity index (χ4n) is 2.91. The van der Waals surface area contributed by atoms with E-state index in [9.17, 15) is 0 Å². The van der Waals surface area contributed by atoms with Crippen LogP contribution in [0, 0.1) is 6.92 Å². The van der Waals surface area contributed by atoms with Crippen molar-refractivity contribution in [3.05, 3.63) is 69.7 Å². The van der Waals surface area contributed by atoms with Crippen molar-refractivity contribution in [1.29, 1.82) is 0 Å². The average molecular weight is 386 g/mol. The van der Waals surface area contributed by atoms with Crippen LogP contribution >= 0.6 is 15.9 Å². The van der Waals surface area contributed by atoms with E-state index in [0.29, 0.717) is 0 Å². The molecule has 3 rings (SSSR count). The van der Waals surface area contributed by atoms with Crippen molar-refractivity contribution >= 4 is 21.6 Å². The van der Waals surface area contributed by atoms with Gasteiger partial charge in [0.1, 0.15) is 0 Å². The van der Waals surface area contributed by atoms with Crippen LogP contribution in [0.5, 0.6) is 0 Å². The SMILES string of the molecule is C/C(=N/N1CCN(Cc2ccc(C)cc2)CC1)c1ccc(Br)cc1. The second-order valence-corrected chi connectivity index (χ2v) is 7.32. The number of nitrogens with zero attached hydrogens (tertiary/aromatic N) is 3. The molecule has 0 amide bonds. The van der Waals surface area contributed by atoms with E-state index >= 15 is 0 Å². The molecule has 24 heavy (non-hydrogen) atoms. The molecule has 1 aliphatic rings.